The second kappa shape index (κ2) is 11.7. The molecule has 0 radical (unpaired) electrons. The van der Waals surface area contributed by atoms with Gasteiger partial charge in [-0.1, -0.05) is 6.92 Å². The van der Waals surface area contributed by atoms with Gasteiger partial charge in [0.25, 0.3) is 0 Å². The lowest BCUT2D eigenvalue weighted by molar-refractivity contribution is 0.0536. The first-order valence-corrected chi connectivity index (χ1v) is 10.0. The number of aliphatic imine (C=N–C) groups is 1. The van der Waals surface area contributed by atoms with Crippen molar-refractivity contribution in [2.45, 2.75) is 33.1 Å². The van der Waals surface area contributed by atoms with Gasteiger partial charge in [0, 0.05) is 45.8 Å². The highest BCUT2D eigenvalue weighted by molar-refractivity contribution is 5.80. The van der Waals surface area contributed by atoms with Crippen LogP contribution in [0, 0.1) is 11.8 Å². The Balaban J connectivity index is 1.73. The molecule has 25 heavy (non-hydrogen) atoms. The van der Waals surface area contributed by atoms with Crippen LogP contribution >= 0.6 is 0 Å². The van der Waals surface area contributed by atoms with Crippen LogP contribution in [-0.2, 0) is 9.47 Å². The number of nitrogens with zero attached hydrogens (tertiary/aromatic N) is 3. The van der Waals surface area contributed by atoms with Crippen molar-refractivity contribution in [1.29, 1.82) is 0 Å². The van der Waals surface area contributed by atoms with Crippen molar-refractivity contribution in [2.24, 2.45) is 16.8 Å². The van der Waals surface area contributed by atoms with E-state index in [1.807, 2.05) is 0 Å². The number of likely N-dealkylation sites (tertiary alicyclic amines) is 2. The molecule has 2 heterocycles. The maximum atomic E-state index is 5.70. The highest BCUT2D eigenvalue weighted by Gasteiger charge is 2.25. The Morgan fingerprint density at radius 1 is 1.20 bits per heavy atom. The van der Waals surface area contributed by atoms with Crippen molar-refractivity contribution in [3.8, 4) is 0 Å². The van der Waals surface area contributed by atoms with E-state index in [0.29, 0.717) is 19.1 Å². The van der Waals surface area contributed by atoms with Crippen LogP contribution in [-0.4, -0.2) is 88.5 Å². The molecular weight excluding hydrogens is 316 g/mol. The Kier molecular flexibility index (Phi) is 9.58. The predicted octanol–water partition coefficient (Wildman–Crippen LogP) is 1.67. The van der Waals surface area contributed by atoms with Crippen molar-refractivity contribution in [3.63, 3.8) is 0 Å². The maximum Gasteiger partial charge on any atom is 0.193 e. The van der Waals surface area contributed by atoms with Crippen molar-refractivity contribution < 1.29 is 9.47 Å². The summed E-state index contributed by atoms with van der Waals surface area (Å²) in [5, 5.41) is 3.46. The summed E-state index contributed by atoms with van der Waals surface area (Å²) in [5.74, 6) is 2.51. The summed E-state index contributed by atoms with van der Waals surface area (Å²) in [7, 11) is 1.71. The third-order valence-corrected chi connectivity index (χ3v) is 5.12. The third-order valence-electron chi connectivity index (χ3n) is 5.12. The van der Waals surface area contributed by atoms with Gasteiger partial charge in [-0.05, 0) is 38.6 Å². The molecular formula is C19H38N4O2. The normalized spacial score (nSPS) is 25.6. The van der Waals surface area contributed by atoms with Gasteiger partial charge in [0.1, 0.15) is 0 Å². The Hall–Kier alpha value is -0.850. The number of ether oxygens (including phenoxy) is 2. The highest BCUT2D eigenvalue weighted by Crippen LogP contribution is 2.17. The fourth-order valence-corrected chi connectivity index (χ4v) is 3.77. The van der Waals surface area contributed by atoms with Crippen LogP contribution in [0.4, 0.5) is 0 Å². The molecule has 0 aromatic carbocycles. The zero-order chi connectivity index (χ0) is 17.9. The molecule has 1 N–H and O–H groups in total. The van der Waals surface area contributed by atoms with Crippen LogP contribution in [0.25, 0.3) is 0 Å². The Bertz CT molecular complexity index is 392. The second-order valence-corrected chi connectivity index (χ2v) is 7.45. The average Bonchev–Trinajstić information content (AvgIpc) is 3.07. The molecule has 6 heteroatoms. The Labute approximate surface area is 153 Å². The van der Waals surface area contributed by atoms with Crippen LogP contribution in [0.15, 0.2) is 4.99 Å². The van der Waals surface area contributed by atoms with Crippen molar-refractivity contribution >= 4 is 5.96 Å². The first-order valence-electron chi connectivity index (χ1n) is 10.0. The molecule has 0 amide bonds. The molecule has 2 saturated heterocycles. The number of methoxy groups -OCH3 is 1. The van der Waals surface area contributed by atoms with E-state index in [0.717, 1.165) is 51.2 Å². The predicted molar refractivity (Wildman–Crippen MR) is 103 cm³/mol. The van der Waals surface area contributed by atoms with Gasteiger partial charge in [-0.2, -0.15) is 0 Å². The molecule has 0 aliphatic carbocycles. The summed E-state index contributed by atoms with van der Waals surface area (Å²) >= 11 is 0. The molecule has 2 aliphatic rings. The zero-order valence-electron chi connectivity index (χ0n) is 16.5. The highest BCUT2D eigenvalue weighted by atomic mass is 16.5. The summed E-state index contributed by atoms with van der Waals surface area (Å²) in [6.45, 7) is 14.2. The van der Waals surface area contributed by atoms with Crippen LogP contribution in [0.2, 0.25) is 0 Å². The summed E-state index contributed by atoms with van der Waals surface area (Å²) in [4.78, 5) is 9.85. The Morgan fingerprint density at radius 3 is 2.84 bits per heavy atom. The van der Waals surface area contributed by atoms with Gasteiger partial charge in [0.05, 0.1) is 26.4 Å². The zero-order valence-corrected chi connectivity index (χ0v) is 16.5. The van der Waals surface area contributed by atoms with Gasteiger partial charge in [0.2, 0.25) is 0 Å². The van der Waals surface area contributed by atoms with Crippen molar-refractivity contribution in [2.75, 3.05) is 72.7 Å². The van der Waals surface area contributed by atoms with E-state index >= 15 is 0 Å². The van der Waals surface area contributed by atoms with E-state index in [1.54, 1.807) is 7.11 Å². The largest absolute Gasteiger partial charge is 0.382 e. The third kappa shape index (κ3) is 7.50. The van der Waals surface area contributed by atoms with Crippen LogP contribution in [0.5, 0.6) is 0 Å². The molecule has 2 unspecified atom stereocenters. The van der Waals surface area contributed by atoms with E-state index < -0.39 is 0 Å². The monoisotopic (exact) mass is 354 g/mol. The van der Waals surface area contributed by atoms with Gasteiger partial charge in [-0.3, -0.25) is 4.99 Å². The van der Waals surface area contributed by atoms with Crippen molar-refractivity contribution in [1.82, 2.24) is 15.1 Å². The smallest absolute Gasteiger partial charge is 0.193 e. The minimum Gasteiger partial charge on any atom is -0.382 e. The number of hydrogen-bond acceptors (Lipinski definition) is 4. The molecule has 0 bridgehead atoms. The summed E-state index contributed by atoms with van der Waals surface area (Å²) in [6.07, 6.45) is 3.90. The number of guanidine groups is 1. The molecule has 0 saturated carbocycles. The first kappa shape index (κ1) is 20.5. The molecule has 2 aliphatic heterocycles. The van der Waals surface area contributed by atoms with Gasteiger partial charge in [-0.25, -0.2) is 0 Å². The minimum absolute atomic E-state index is 0.601. The number of piperidine rings is 1. The average molecular weight is 355 g/mol. The molecule has 146 valence electrons. The van der Waals surface area contributed by atoms with Gasteiger partial charge in [0.15, 0.2) is 5.96 Å². The molecule has 2 atom stereocenters. The van der Waals surface area contributed by atoms with E-state index in [4.69, 9.17) is 14.5 Å². The fourth-order valence-electron chi connectivity index (χ4n) is 3.77. The van der Waals surface area contributed by atoms with E-state index in [1.165, 1.54) is 32.4 Å². The first-order chi connectivity index (χ1) is 12.2. The topological polar surface area (TPSA) is 49.3 Å². The summed E-state index contributed by atoms with van der Waals surface area (Å²) < 4.78 is 10.7. The van der Waals surface area contributed by atoms with E-state index in [9.17, 15) is 0 Å². The molecule has 0 aromatic heterocycles. The Morgan fingerprint density at radius 2 is 2.08 bits per heavy atom. The number of hydrogen-bond donors (Lipinski definition) is 1. The molecule has 6 nitrogen and oxygen atoms in total. The number of nitrogens with one attached hydrogen (secondary N) is 1. The molecule has 0 aromatic rings. The van der Waals surface area contributed by atoms with Gasteiger partial charge < -0.3 is 24.6 Å². The van der Waals surface area contributed by atoms with Gasteiger partial charge >= 0.3 is 0 Å². The fraction of sp³-hybridized carbons (Fsp3) is 0.947. The second-order valence-electron chi connectivity index (χ2n) is 7.45. The summed E-state index contributed by atoms with van der Waals surface area (Å²) in [6, 6.07) is 0. The lowest BCUT2D eigenvalue weighted by Gasteiger charge is -2.30. The quantitative estimate of drug-likeness (QED) is 0.388. The SMILES string of the molecule is CCNC(=NCCN1CCCC(C)C1)N1CCC(COCCOC)C1. The lowest BCUT2D eigenvalue weighted by Crippen LogP contribution is -2.41. The van der Waals surface area contributed by atoms with E-state index in [-0.39, 0.29) is 0 Å². The lowest BCUT2D eigenvalue weighted by atomic mass is 10.0. The molecule has 2 rings (SSSR count). The molecule has 2 fully saturated rings. The summed E-state index contributed by atoms with van der Waals surface area (Å²) in [5.41, 5.74) is 0. The van der Waals surface area contributed by atoms with Crippen LogP contribution in [0.1, 0.15) is 33.1 Å². The maximum absolute atomic E-state index is 5.70. The van der Waals surface area contributed by atoms with E-state index in [2.05, 4.69) is 29.0 Å². The van der Waals surface area contributed by atoms with Crippen molar-refractivity contribution in [3.05, 3.63) is 0 Å². The number of rotatable bonds is 9. The molecule has 0 spiro atoms. The standard InChI is InChI=1S/C19H38N4O2/c1-4-20-19(21-8-11-22-9-5-6-17(2)14-22)23-10-7-18(15-23)16-25-13-12-24-3/h17-18H,4-16H2,1-3H3,(H,20,21). The van der Waals surface area contributed by atoms with Crippen LogP contribution in [0.3, 0.4) is 0 Å². The van der Waals surface area contributed by atoms with Gasteiger partial charge in [-0.15, -0.1) is 0 Å². The minimum atomic E-state index is 0.601. The van der Waals surface area contributed by atoms with Crippen LogP contribution < -0.4 is 5.32 Å².